The maximum absolute atomic E-state index is 13.3. The van der Waals surface area contributed by atoms with Gasteiger partial charge in [0.15, 0.2) is 5.76 Å². The molecule has 0 atom stereocenters. The average Bonchev–Trinajstić information content (AvgIpc) is 2.54. The molecule has 4 nitrogen and oxygen atoms in total. The number of halogens is 1. The van der Waals surface area contributed by atoms with Gasteiger partial charge in [-0.15, -0.1) is 6.42 Å². The summed E-state index contributed by atoms with van der Waals surface area (Å²) in [7, 11) is 0. The molecule has 2 aromatic carbocycles. The summed E-state index contributed by atoms with van der Waals surface area (Å²) >= 11 is 0. The van der Waals surface area contributed by atoms with E-state index in [1.54, 1.807) is 24.3 Å². The second kappa shape index (κ2) is 5.78. The summed E-state index contributed by atoms with van der Waals surface area (Å²) in [6, 6.07) is 11.6. The first kappa shape index (κ1) is 14.5. The van der Waals surface area contributed by atoms with Crippen molar-refractivity contribution in [1.29, 1.82) is 0 Å². The largest absolute Gasteiger partial charge is 0.417 e. The van der Waals surface area contributed by atoms with E-state index < -0.39 is 17.3 Å². The molecule has 0 aliphatic carbocycles. The van der Waals surface area contributed by atoms with Crippen molar-refractivity contribution in [2.24, 2.45) is 0 Å². The van der Waals surface area contributed by atoms with Gasteiger partial charge in [-0.3, -0.25) is 4.79 Å². The summed E-state index contributed by atoms with van der Waals surface area (Å²) < 4.78 is 18.3. The molecule has 0 unspecified atom stereocenters. The fraction of sp³-hybridized carbons (Fsp3) is 0. The Kier molecular flexibility index (Phi) is 3.65. The molecule has 1 aromatic heterocycles. The van der Waals surface area contributed by atoms with Crippen LogP contribution >= 0.6 is 0 Å². The van der Waals surface area contributed by atoms with Crippen LogP contribution in [0, 0.1) is 18.2 Å². The SMILES string of the molecule is C#Cc1cccc(NC(=O)c2cc3cc(F)ccc3c(=O)o2)c1. The van der Waals surface area contributed by atoms with Crippen LogP contribution in [0.15, 0.2) is 57.7 Å². The van der Waals surface area contributed by atoms with Crippen LogP contribution in [0.4, 0.5) is 10.1 Å². The molecule has 0 spiro atoms. The topological polar surface area (TPSA) is 59.3 Å². The van der Waals surface area contributed by atoms with E-state index in [-0.39, 0.29) is 11.1 Å². The summed E-state index contributed by atoms with van der Waals surface area (Å²) in [5, 5.41) is 3.08. The highest BCUT2D eigenvalue weighted by molar-refractivity contribution is 6.04. The second-order valence-electron chi connectivity index (χ2n) is 4.81. The molecule has 0 saturated heterocycles. The minimum atomic E-state index is -0.704. The van der Waals surface area contributed by atoms with Crippen LogP contribution in [0.25, 0.3) is 10.8 Å². The number of terminal acetylenes is 1. The van der Waals surface area contributed by atoms with Crippen LogP contribution in [-0.2, 0) is 0 Å². The molecule has 0 aliphatic heterocycles. The van der Waals surface area contributed by atoms with Crippen LogP contribution in [0.5, 0.6) is 0 Å². The molecule has 1 N–H and O–H groups in total. The van der Waals surface area contributed by atoms with Crippen molar-refractivity contribution in [3.8, 4) is 12.3 Å². The molecule has 0 radical (unpaired) electrons. The third-order valence-electron chi connectivity index (χ3n) is 3.23. The smallest absolute Gasteiger partial charge is 0.344 e. The Balaban J connectivity index is 1.97. The van der Waals surface area contributed by atoms with E-state index in [1.165, 1.54) is 18.2 Å². The van der Waals surface area contributed by atoms with E-state index in [0.29, 0.717) is 16.6 Å². The van der Waals surface area contributed by atoms with Gasteiger partial charge in [0, 0.05) is 11.3 Å². The number of fused-ring (bicyclic) bond motifs is 1. The molecule has 5 heteroatoms. The van der Waals surface area contributed by atoms with Crippen LogP contribution in [-0.4, -0.2) is 5.91 Å². The third-order valence-corrected chi connectivity index (χ3v) is 3.23. The monoisotopic (exact) mass is 307 g/mol. The standard InChI is InChI=1S/C18H10FNO3/c1-2-11-4-3-5-14(8-11)20-17(21)16-10-12-9-13(19)6-7-15(12)18(22)23-16/h1,3-10H,(H,20,21). The molecular weight excluding hydrogens is 297 g/mol. The van der Waals surface area contributed by atoms with E-state index >= 15 is 0 Å². The highest BCUT2D eigenvalue weighted by atomic mass is 19.1. The van der Waals surface area contributed by atoms with Crippen molar-refractivity contribution in [2.45, 2.75) is 0 Å². The molecule has 1 heterocycles. The van der Waals surface area contributed by atoms with Crippen molar-refractivity contribution in [1.82, 2.24) is 0 Å². The van der Waals surface area contributed by atoms with Gasteiger partial charge in [0.05, 0.1) is 5.39 Å². The Hall–Kier alpha value is -3.39. The molecule has 23 heavy (non-hydrogen) atoms. The number of anilines is 1. The van der Waals surface area contributed by atoms with E-state index in [0.717, 1.165) is 6.07 Å². The fourth-order valence-corrected chi connectivity index (χ4v) is 2.16. The summed E-state index contributed by atoms with van der Waals surface area (Å²) in [5.41, 5.74) is 0.363. The Morgan fingerprint density at radius 1 is 1.17 bits per heavy atom. The summed E-state index contributed by atoms with van der Waals surface area (Å²) in [5.74, 6) is 1.12. The van der Waals surface area contributed by atoms with Crippen LogP contribution < -0.4 is 10.9 Å². The number of hydrogen-bond donors (Lipinski definition) is 1. The summed E-state index contributed by atoms with van der Waals surface area (Å²) in [6.45, 7) is 0. The normalized spacial score (nSPS) is 10.3. The average molecular weight is 307 g/mol. The lowest BCUT2D eigenvalue weighted by Crippen LogP contribution is -2.15. The quantitative estimate of drug-likeness (QED) is 0.740. The Labute approximate surface area is 130 Å². The number of carbonyl (C=O) groups is 1. The first-order valence-electron chi connectivity index (χ1n) is 6.68. The minimum absolute atomic E-state index is 0.206. The van der Waals surface area contributed by atoms with Gasteiger partial charge < -0.3 is 9.73 Å². The number of benzene rings is 2. The number of hydrogen-bond acceptors (Lipinski definition) is 3. The number of carbonyl (C=O) groups excluding carboxylic acids is 1. The van der Waals surface area contributed by atoms with Gasteiger partial charge in [0.1, 0.15) is 5.82 Å². The third kappa shape index (κ3) is 2.97. The number of amides is 1. The first-order valence-corrected chi connectivity index (χ1v) is 6.68. The minimum Gasteiger partial charge on any atom is -0.417 e. The lowest BCUT2D eigenvalue weighted by Gasteiger charge is -2.05. The molecular formula is C18H10FNO3. The number of nitrogens with one attached hydrogen (secondary N) is 1. The maximum atomic E-state index is 13.3. The predicted octanol–water partition coefficient (Wildman–Crippen LogP) is 3.17. The highest BCUT2D eigenvalue weighted by Crippen LogP contribution is 2.16. The van der Waals surface area contributed by atoms with Crippen molar-refractivity contribution in [3.05, 3.63) is 76.1 Å². The van der Waals surface area contributed by atoms with E-state index in [9.17, 15) is 14.0 Å². The Morgan fingerprint density at radius 2 is 2.00 bits per heavy atom. The van der Waals surface area contributed by atoms with E-state index in [4.69, 9.17) is 10.8 Å². The van der Waals surface area contributed by atoms with Crippen LogP contribution in [0.1, 0.15) is 16.1 Å². The summed E-state index contributed by atoms with van der Waals surface area (Å²) in [6.07, 6.45) is 5.30. The molecule has 0 saturated carbocycles. The summed E-state index contributed by atoms with van der Waals surface area (Å²) in [4.78, 5) is 24.1. The van der Waals surface area contributed by atoms with E-state index in [2.05, 4.69) is 11.2 Å². The van der Waals surface area contributed by atoms with Crippen molar-refractivity contribution < 1.29 is 13.6 Å². The predicted molar refractivity (Wildman–Crippen MR) is 84.8 cm³/mol. The Morgan fingerprint density at radius 3 is 2.78 bits per heavy atom. The Bertz CT molecular complexity index is 1010. The van der Waals surface area contributed by atoms with Crippen LogP contribution in [0.2, 0.25) is 0 Å². The molecule has 0 bridgehead atoms. The maximum Gasteiger partial charge on any atom is 0.344 e. The van der Waals surface area contributed by atoms with Gasteiger partial charge >= 0.3 is 5.63 Å². The fourth-order valence-electron chi connectivity index (χ4n) is 2.16. The van der Waals surface area contributed by atoms with Gasteiger partial charge in [0.25, 0.3) is 5.91 Å². The second-order valence-corrected chi connectivity index (χ2v) is 4.81. The highest BCUT2D eigenvalue weighted by Gasteiger charge is 2.13. The lowest BCUT2D eigenvalue weighted by molar-refractivity contribution is 0.0993. The zero-order valence-electron chi connectivity index (χ0n) is 11.8. The molecule has 1 amide bonds. The number of rotatable bonds is 2. The van der Waals surface area contributed by atoms with E-state index in [1.807, 2.05) is 0 Å². The van der Waals surface area contributed by atoms with Gasteiger partial charge in [-0.1, -0.05) is 12.0 Å². The lowest BCUT2D eigenvalue weighted by atomic mass is 10.1. The van der Waals surface area contributed by atoms with Crippen LogP contribution in [0.3, 0.4) is 0 Å². The van der Waals surface area contributed by atoms with Crippen molar-refractivity contribution in [2.75, 3.05) is 5.32 Å². The van der Waals surface area contributed by atoms with Crippen molar-refractivity contribution in [3.63, 3.8) is 0 Å². The zero-order chi connectivity index (χ0) is 16.4. The molecule has 0 fully saturated rings. The molecule has 3 rings (SSSR count). The first-order chi connectivity index (χ1) is 11.1. The van der Waals surface area contributed by atoms with Gasteiger partial charge in [0.2, 0.25) is 0 Å². The van der Waals surface area contributed by atoms with Gasteiger partial charge in [-0.2, -0.15) is 0 Å². The van der Waals surface area contributed by atoms with Crippen molar-refractivity contribution >= 4 is 22.4 Å². The molecule has 112 valence electrons. The molecule has 0 aliphatic rings. The molecule has 3 aromatic rings. The zero-order valence-corrected chi connectivity index (χ0v) is 11.8. The van der Waals surface area contributed by atoms with Gasteiger partial charge in [-0.05, 0) is 47.9 Å². The van der Waals surface area contributed by atoms with Gasteiger partial charge in [-0.25, -0.2) is 9.18 Å².